The molecule has 0 atom stereocenters. The van der Waals surface area contributed by atoms with Gasteiger partial charge in [-0.25, -0.2) is 8.42 Å². The summed E-state index contributed by atoms with van der Waals surface area (Å²) >= 11 is 5.89. The zero-order chi connectivity index (χ0) is 15.5. The number of hydrogen-bond donors (Lipinski definition) is 3. The maximum Gasteiger partial charge on any atom is 0.263 e. The van der Waals surface area contributed by atoms with Crippen LogP contribution in [0.5, 0.6) is 5.75 Å². The van der Waals surface area contributed by atoms with Crippen LogP contribution in [0.1, 0.15) is 5.69 Å². The van der Waals surface area contributed by atoms with Gasteiger partial charge in [0, 0.05) is 23.5 Å². The number of nitrogens with one attached hydrogen (secondary N) is 3. The minimum absolute atomic E-state index is 0.148. The van der Waals surface area contributed by atoms with Crippen molar-refractivity contribution in [2.24, 2.45) is 0 Å². The largest absolute Gasteiger partial charge is 0.495 e. The summed E-state index contributed by atoms with van der Waals surface area (Å²) in [5, 5.41) is 3.36. The van der Waals surface area contributed by atoms with Gasteiger partial charge in [-0.15, -0.1) is 0 Å². The number of benzene rings is 1. The Morgan fingerprint density at radius 3 is 2.76 bits per heavy atom. The second-order valence-corrected chi connectivity index (χ2v) is 6.46. The number of aromatic nitrogens is 1. The summed E-state index contributed by atoms with van der Waals surface area (Å²) in [4.78, 5) is 3.05. The molecule has 0 bridgehead atoms. The maximum atomic E-state index is 12.3. The lowest BCUT2D eigenvalue weighted by Crippen LogP contribution is -2.13. The van der Waals surface area contributed by atoms with E-state index in [-0.39, 0.29) is 4.90 Å². The van der Waals surface area contributed by atoms with Crippen molar-refractivity contribution < 1.29 is 13.2 Å². The predicted molar refractivity (Wildman–Crippen MR) is 82.4 cm³/mol. The molecule has 8 heteroatoms. The van der Waals surface area contributed by atoms with E-state index in [4.69, 9.17) is 16.3 Å². The highest BCUT2D eigenvalue weighted by Crippen LogP contribution is 2.29. The van der Waals surface area contributed by atoms with E-state index in [9.17, 15) is 8.42 Å². The van der Waals surface area contributed by atoms with E-state index in [1.807, 2.05) is 0 Å². The lowest BCUT2D eigenvalue weighted by atomic mass is 10.3. The molecule has 2 aromatic rings. The summed E-state index contributed by atoms with van der Waals surface area (Å²) in [6, 6.07) is 6.29. The minimum Gasteiger partial charge on any atom is -0.495 e. The zero-order valence-electron chi connectivity index (χ0n) is 11.6. The Hall–Kier alpha value is -1.70. The molecule has 0 saturated carbocycles. The summed E-state index contributed by atoms with van der Waals surface area (Å²) in [5.74, 6) is 0.397. The van der Waals surface area contributed by atoms with Crippen LogP contribution in [0.25, 0.3) is 0 Å². The van der Waals surface area contributed by atoms with Crippen molar-refractivity contribution in [3.05, 3.63) is 41.2 Å². The lowest BCUT2D eigenvalue weighted by Gasteiger charge is -2.11. The van der Waals surface area contributed by atoms with Gasteiger partial charge in [-0.1, -0.05) is 11.6 Å². The molecule has 114 valence electrons. The molecular formula is C13H16ClN3O3S. The molecule has 0 aliphatic heterocycles. The molecule has 0 saturated heterocycles. The van der Waals surface area contributed by atoms with Crippen LogP contribution in [-0.2, 0) is 16.6 Å². The third-order valence-corrected chi connectivity index (χ3v) is 4.38. The molecule has 0 aliphatic carbocycles. The number of rotatable bonds is 6. The Labute approximate surface area is 128 Å². The van der Waals surface area contributed by atoms with E-state index in [2.05, 4.69) is 15.0 Å². The Morgan fingerprint density at radius 1 is 1.33 bits per heavy atom. The average molecular weight is 330 g/mol. The lowest BCUT2D eigenvalue weighted by molar-refractivity contribution is 0.417. The number of ether oxygens (including phenoxy) is 1. The molecule has 1 aromatic carbocycles. The van der Waals surface area contributed by atoms with E-state index in [0.717, 1.165) is 5.69 Å². The number of sulfonamides is 1. The highest BCUT2D eigenvalue weighted by molar-refractivity contribution is 7.92. The van der Waals surface area contributed by atoms with Gasteiger partial charge >= 0.3 is 0 Å². The summed E-state index contributed by atoms with van der Waals surface area (Å²) < 4.78 is 32.3. The van der Waals surface area contributed by atoms with Crippen molar-refractivity contribution in [3.8, 4) is 5.75 Å². The van der Waals surface area contributed by atoms with Crippen molar-refractivity contribution in [1.82, 2.24) is 10.3 Å². The monoisotopic (exact) mass is 329 g/mol. The third kappa shape index (κ3) is 3.69. The molecule has 3 N–H and O–H groups in total. The molecule has 6 nitrogen and oxygen atoms in total. The SMILES string of the molecule is CNCc1cc(S(=O)(=O)Nc2cc(Cl)ccc2OC)c[nH]1. The Kier molecular flexibility index (Phi) is 4.76. The first kappa shape index (κ1) is 15.7. The Balaban J connectivity index is 2.30. The number of H-pyrrole nitrogens is 1. The molecule has 21 heavy (non-hydrogen) atoms. The smallest absolute Gasteiger partial charge is 0.263 e. The van der Waals surface area contributed by atoms with E-state index in [1.54, 1.807) is 25.2 Å². The molecule has 1 heterocycles. The van der Waals surface area contributed by atoms with Gasteiger partial charge in [0.1, 0.15) is 10.6 Å². The Bertz CT molecular complexity index is 728. The van der Waals surface area contributed by atoms with Crippen LogP contribution in [-0.4, -0.2) is 27.6 Å². The normalized spacial score (nSPS) is 11.4. The molecule has 0 fully saturated rings. The molecular weight excluding hydrogens is 314 g/mol. The van der Waals surface area contributed by atoms with Crippen LogP contribution in [0.15, 0.2) is 35.4 Å². The second-order valence-electron chi connectivity index (χ2n) is 4.34. The van der Waals surface area contributed by atoms with Crippen LogP contribution in [0.2, 0.25) is 5.02 Å². The van der Waals surface area contributed by atoms with Gasteiger partial charge in [0.05, 0.1) is 12.8 Å². The van der Waals surface area contributed by atoms with Crippen LogP contribution >= 0.6 is 11.6 Å². The van der Waals surface area contributed by atoms with Crippen molar-refractivity contribution in [2.45, 2.75) is 11.4 Å². The first-order valence-corrected chi connectivity index (χ1v) is 8.00. The minimum atomic E-state index is -3.71. The quantitative estimate of drug-likeness (QED) is 0.758. The van der Waals surface area contributed by atoms with E-state index < -0.39 is 10.0 Å². The first-order valence-electron chi connectivity index (χ1n) is 6.14. The molecule has 0 unspecified atom stereocenters. The van der Waals surface area contributed by atoms with Gasteiger partial charge < -0.3 is 15.0 Å². The number of anilines is 1. The summed E-state index contributed by atoms with van der Waals surface area (Å²) in [6.45, 7) is 0.552. The van der Waals surface area contributed by atoms with Crippen molar-refractivity contribution in [1.29, 1.82) is 0 Å². The van der Waals surface area contributed by atoms with Crippen LogP contribution in [0.4, 0.5) is 5.69 Å². The number of aromatic amines is 1. The van der Waals surface area contributed by atoms with Gasteiger partial charge in [0.15, 0.2) is 0 Å². The van der Waals surface area contributed by atoms with Gasteiger partial charge in [0.25, 0.3) is 10.0 Å². The maximum absolute atomic E-state index is 12.3. The fourth-order valence-corrected chi connectivity index (χ4v) is 3.08. The van der Waals surface area contributed by atoms with Gasteiger partial charge in [-0.05, 0) is 31.3 Å². The van der Waals surface area contributed by atoms with Crippen molar-refractivity contribution >= 4 is 27.3 Å². The van der Waals surface area contributed by atoms with Crippen LogP contribution in [0, 0.1) is 0 Å². The molecule has 0 spiro atoms. The molecule has 0 aliphatic rings. The fraction of sp³-hybridized carbons (Fsp3) is 0.231. The molecule has 0 radical (unpaired) electrons. The van der Waals surface area contributed by atoms with Gasteiger partial charge in [-0.3, -0.25) is 4.72 Å². The number of hydrogen-bond acceptors (Lipinski definition) is 4. The van der Waals surface area contributed by atoms with Crippen molar-refractivity contribution in [3.63, 3.8) is 0 Å². The van der Waals surface area contributed by atoms with Gasteiger partial charge in [-0.2, -0.15) is 0 Å². The highest BCUT2D eigenvalue weighted by atomic mass is 35.5. The van der Waals surface area contributed by atoms with Crippen molar-refractivity contribution in [2.75, 3.05) is 18.9 Å². The van der Waals surface area contributed by atoms with E-state index in [0.29, 0.717) is 23.0 Å². The molecule has 1 aromatic heterocycles. The number of methoxy groups -OCH3 is 1. The average Bonchev–Trinajstić information content (AvgIpc) is 2.88. The summed E-state index contributed by atoms with van der Waals surface area (Å²) in [6.07, 6.45) is 1.44. The topological polar surface area (TPSA) is 83.2 Å². The summed E-state index contributed by atoms with van der Waals surface area (Å²) in [5.41, 5.74) is 1.07. The predicted octanol–water partition coefficient (Wildman–Crippen LogP) is 2.20. The molecule has 2 rings (SSSR count). The van der Waals surface area contributed by atoms with Crippen LogP contribution < -0.4 is 14.8 Å². The standard InChI is InChI=1S/C13H16ClN3O3S/c1-15-7-10-6-11(8-16-10)21(18,19)17-12-5-9(14)3-4-13(12)20-2/h3-6,8,15-17H,7H2,1-2H3. The van der Waals surface area contributed by atoms with Gasteiger partial charge in [0.2, 0.25) is 0 Å². The molecule has 0 amide bonds. The first-order chi connectivity index (χ1) is 9.96. The second kappa shape index (κ2) is 6.38. The van der Waals surface area contributed by atoms with Crippen LogP contribution in [0.3, 0.4) is 0 Å². The third-order valence-electron chi connectivity index (χ3n) is 2.80. The fourth-order valence-electron chi connectivity index (χ4n) is 1.83. The highest BCUT2D eigenvalue weighted by Gasteiger charge is 2.18. The zero-order valence-corrected chi connectivity index (χ0v) is 13.2. The summed E-state index contributed by atoms with van der Waals surface area (Å²) in [7, 11) is -0.465. The number of halogens is 1. The Morgan fingerprint density at radius 2 is 2.10 bits per heavy atom. The van der Waals surface area contributed by atoms with E-state index in [1.165, 1.54) is 19.4 Å². The van der Waals surface area contributed by atoms with E-state index >= 15 is 0 Å².